The van der Waals surface area contributed by atoms with E-state index in [0.717, 1.165) is 19.3 Å². The summed E-state index contributed by atoms with van der Waals surface area (Å²) in [6.45, 7) is 5.14. The molecule has 3 aromatic rings. The Hall–Kier alpha value is -3.54. The minimum Gasteiger partial charge on any atom is -0.382 e. The van der Waals surface area contributed by atoms with E-state index in [-0.39, 0.29) is 25.6 Å². The number of ether oxygens (including phenoxy) is 5. The SMILES string of the molecule is CCCCCCCCCCCCCCCCCCOC[C@H](COP(=O)(O)OC[C@@](C#N)(OC)[C@H]1OC(C)(C)O[C@H]1c1ccc2c(N)ncnn12)OCc1cncc(C#N)c1. The topological polar surface area (TPSA) is 219 Å². The second kappa shape index (κ2) is 25.4. The van der Waals surface area contributed by atoms with E-state index >= 15 is 0 Å². The number of nitrogens with two attached hydrogens (primary N) is 1. The third kappa shape index (κ3) is 15.7. The first-order valence-corrected chi connectivity index (χ1v) is 23.0. The second-order valence-corrected chi connectivity index (χ2v) is 17.4. The van der Waals surface area contributed by atoms with E-state index in [0.29, 0.717) is 28.9 Å². The predicted molar refractivity (Wildman–Crippen MR) is 225 cm³/mol. The maximum Gasteiger partial charge on any atom is 0.472 e. The predicted octanol–water partition coefficient (Wildman–Crippen LogP) is 8.68. The summed E-state index contributed by atoms with van der Waals surface area (Å²) in [5, 5.41) is 24.1. The van der Waals surface area contributed by atoms with E-state index in [1.54, 1.807) is 38.2 Å². The van der Waals surface area contributed by atoms with Crippen LogP contribution in [0.25, 0.3) is 5.52 Å². The normalized spacial score (nSPS) is 18.8. The largest absolute Gasteiger partial charge is 0.472 e. The number of aromatic nitrogens is 4. The van der Waals surface area contributed by atoms with Crippen LogP contribution in [0.5, 0.6) is 0 Å². The van der Waals surface area contributed by atoms with Gasteiger partial charge in [0, 0.05) is 26.1 Å². The van der Waals surface area contributed by atoms with E-state index in [4.69, 9.17) is 38.5 Å². The molecule has 0 bridgehead atoms. The van der Waals surface area contributed by atoms with Gasteiger partial charge in [0.2, 0.25) is 5.60 Å². The van der Waals surface area contributed by atoms with Crippen molar-refractivity contribution in [3.8, 4) is 12.1 Å². The van der Waals surface area contributed by atoms with Gasteiger partial charge in [0.25, 0.3) is 0 Å². The van der Waals surface area contributed by atoms with Crippen LogP contribution in [0.2, 0.25) is 0 Å². The smallest absolute Gasteiger partial charge is 0.382 e. The molecular formula is C43H66N7O9P. The number of phosphoric acid groups is 1. The lowest BCUT2D eigenvalue weighted by atomic mass is 9.93. The van der Waals surface area contributed by atoms with Crippen molar-refractivity contribution in [2.24, 2.45) is 0 Å². The van der Waals surface area contributed by atoms with Crippen LogP contribution >= 0.6 is 7.82 Å². The van der Waals surface area contributed by atoms with Gasteiger partial charge in [-0.3, -0.25) is 14.0 Å². The highest BCUT2D eigenvalue weighted by molar-refractivity contribution is 7.47. The lowest BCUT2D eigenvalue weighted by Gasteiger charge is -2.33. The van der Waals surface area contributed by atoms with Crippen LogP contribution in [0.3, 0.4) is 0 Å². The number of pyridine rings is 1. The molecule has 4 rings (SSSR count). The third-order valence-electron chi connectivity index (χ3n) is 10.6. The fraction of sp³-hybridized carbons (Fsp3) is 0.698. The lowest BCUT2D eigenvalue weighted by molar-refractivity contribution is -0.171. The van der Waals surface area contributed by atoms with Gasteiger partial charge < -0.3 is 34.3 Å². The molecular weight excluding hydrogens is 789 g/mol. The number of unbranched alkanes of at least 4 members (excludes halogenated alkanes) is 15. The van der Waals surface area contributed by atoms with E-state index in [2.05, 4.69) is 34.1 Å². The zero-order valence-electron chi connectivity index (χ0n) is 36.0. The van der Waals surface area contributed by atoms with Crippen LogP contribution in [0.1, 0.15) is 146 Å². The first kappa shape index (κ1) is 49.1. The maximum atomic E-state index is 13.4. The summed E-state index contributed by atoms with van der Waals surface area (Å²) in [4.78, 5) is 19.0. The molecule has 1 fully saturated rings. The van der Waals surface area contributed by atoms with Gasteiger partial charge in [-0.1, -0.05) is 103 Å². The van der Waals surface area contributed by atoms with Crippen molar-refractivity contribution in [1.29, 1.82) is 10.5 Å². The molecule has 1 unspecified atom stereocenters. The molecule has 1 aliphatic rings. The average molecular weight is 856 g/mol. The summed E-state index contributed by atoms with van der Waals surface area (Å²) >= 11 is 0. The number of nitriles is 2. The van der Waals surface area contributed by atoms with Gasteiger partial charge >= 0.3 is 7.82 Å². The first-order chi connectivity index (χ1) is 29.0. The first-order valence-electron chi connectivity index (χ1n) is 21.5. The van der Waals surface area contributed by atoms with Gasteiger partial charge in [-0.25, -0.2) is 14.1 Å². The van der Waals surface area contributed by atoms with Crippen molar-refractivity contribution in [3.05, 3.63) is 53.7 Å². The van der Waals surface area contributed by atoms with Crippen molar-refractivity contribution in [3.63, 3.8) is 0 Å². The third-order valence-corrected chi connectivity index (χ3v) is 11.6. The van der Waals surface area contributed by atoms with E-state index in [9.17, 15) is 20.0 Å². The van der Waals surface area contributed by atoms with Crippen LogP contribution in [0, 0.1) is 22.7 Å². The number of nitrogens with zero attached hydrogens (tertiary/aromatic N) is 6. The standard InChI is InChI=1S/C43H66N7O9P/c1-5-6-7-8-9-10-11-12-13-14-15-16-17-18-19-20-23-54-29-36(55-28-35-24-34(25-44)26-47-27-35)30-56-60(51,52)57-32-43(31-45,53-4)40-39(58-42(2,3)59-40)37-21-22-38-41(46)48-33-49-50(37)38/h21-22,24,26-27,33,36,39-40H,5-20,23,28-30,32H2,1-4H3,(H,51,52)(H2,46,48,49)/t36-,39+,40+,43-/m1/s1. The lowest BCUT2D eigenvalue weighted by Crippen LogP contribution is -2.50. The van der Waals surface area contributed by atoms with Gasteiger partial charge in [-0.05, 0) is 44.0 Å². The van der Waals surface area contributed by atoms with Gasteiger partial charge in [-0.15, -0.1) is 0 Å². The van der Waals surface area contributed by atoms with Crippen LogP contribution in [0.15, 0.2) is 36.9 Å². The van der Waals surface area contributed by atoms with Crippen molar-refractivity contribution in [2.75, 3.05) is 39.3 Å². The molecule has 0 saturated carbocycles. The molecule has 1 saturated heterocycles. The highest BCUT2D eigenvalue weighted by Gasteiger charge is 2.56. The van der Waals surface area contributed by atoms with Gasteiger partial charge in [0.15, 0.2) is 11.6 Å². The number of phosphoric ester groups is 1. The van der Waals surface area contributed by atoms with E-state index < -0.39 is 44.1 Å². The summed E-state index contributed by atoms with van der Waals surface area (Å²) in [6.07, 6.45) is 21.9. The van der Waals surface area contributed by atoms with Gasteiger partial charge in [0.1, 0.15) is 48.9 Å². The number of anilines is 1. The molecule has 3 N–H and O–H groups in total. The molecule has 0 aromatic carbocycles. The number of fused-ring (bicyclic) bond motifs is 1. The average Bonchev–Trinajstić information content (AvgIpc) is 3.82. The minimum absolute atomic E-state index is 0.0535. The summed E-state index contributed by atoms with van der Waals surface area (Å²) in [6, 6.07) is 9.21. The summed E-state index contributed by atoms with van der Waals surface area (Å²) < 4.78 is 55.8. The van der Waals surface area contributed by atoms with E-state index in [1.165, 1.54) is 108 Å². The Morgan fingerprint density at radius 3 is 2.22 bits per heavy atom. The molecule has 5 atom stereocenters. The zero-order valence-corrected chi connectivity index (χ0v) is 36.9. The van der Waals surface area contributed by atoms with Crippen molar-refractivity contribution in [1.82, 2.24) is 19.6 Å². The Kier molecular flexibility index (Phi) is 20.8. The Morgan fingerprint density at radius 1 is 0.950 bits per heavy atom. The molecule has 60 heavy (non-hydrogen) atoms. The molecule has 0 aliphatic carbocycles. The monoisotopic (exact) mass is 855 g/mol. The molecule has 16 nitrogen and oxygen atoms in total. The number of nitrogen functional groups attached to an aromatic ring is 1. The van der Waals surface area contributed by atoms with Crippen molar-refractivity contribution < 1.29 is 42.2 Å². The molecule has 0 radical (unpaired) electrons. The second-order valence-electron chi connectivity index (χ2n) is 15.9. The molecule has 0 spiro atoms. The van der Waals surface area contributed by atoms with Gasteiger partial charge in [0.05, 0.1) is 31.1 Å². The van der Waals surface area contributed by atoms with Crippen LogP contribution in [0.4, 0.5) is 5.82 Å². The highest BCUT2D eigenvalue weighted by atomic mass is 31.2. The molecule has 1 aliphatic heterocycles. The Balaban J connectivity index is 1.25. The molecule has 4 heterocycles. The molecule has 17 heteroatoms. The fourth-order valence-electron chi connectivity index (χ4n) is 7.25. The van der Waals surface area contributed by atoms with Crippen LogP contribution in [-0.4, -0.2) is 81.6 Å². The Labute approximate surface area is 355 Å². The fourth-order valence-corrected chi connectivity index (χ4v) is 8.03. The quantitative estimate of drug-likeness (QED) is 0.0457. The van der Waals surface area contributed by atoms with Crippen molar-refractivity contribution in [2.45, 2.75) is 160 Å². The van der Waals surface area contributed by atoms with Crippen LogP contribution < -0.4 is 5.73 Å². The number of methoxy groups -OCH3 is 1. The molecule has 0 amide bonds. The number of rotatable bonds is 31. The number of hydrogen-bond acceptors (Lipinski definition) is 14. The molecule has 3 aromatic heterocycles. The Bertz CT molecular complexity index is 1850. The zero-order chi connectivity index (χ0) is 43.3. The van der Waals surface area contributed by atoms with Gasteiger partial charge in [-0.2, -0.15) is 15.6 Å². The summed E-state index contributed by atoms with van der Waals surface area (Å²) in [5.41, 5.74) is 6.13. The van der Waals surface area contributed by atoms with E-state index in [1.807, 2.05) is 0 Å². The summed E-state index contributed by atoms with van der Waals surface area (Å²) in [7, 11) is -3.54. The minimum atomic E-state index is -4.81. The molecule has 332 valence electrons. The summed E-state index contributed by atoms with van der Waals surface area (Å²) in [5.74, 6) is -0.942. The van der Waals surface area contributed by atoms with Crippen molar-refractivity contribution >= 4 is 19.2 Å². The number of hydrogen-bond donors (Lipinski definition) is 2. The Morgan fingerprint density at radius 2 is 1.60 bits per heavy atom. The highest BCUT2D eigenvalue weighted by Crippen LogP contribution is 2.48. The maximum absolute atomic E-state index is 13.4. The van der Waals surface area contributed by atoms with Crippen LogP contribution in [-0.2, 0) is 43.9 Å².